The van der Waals surface area contributed by atoms with Crippen LogP contribution in [0.2, 0.25) is 0 Å². The average Bonchev–Trinajstić information content (AvgIpc) is 2.98. The molecule has 6 heteroatoms. The van der Waals surface area contributed by atoms with Crippen molar-refractivity contribution in [2.45, 2.75) is 19.1 Å². The van der Waals surface area contributed by atoms with Crippen LogP contribution in [0.1, 0.15) is 17.4 Å². The Morgan fingerprint density at radius 1 is 1.26 bits per heavy atom. The van der Waals surface area contributed by atoms with Gasteiger partial charge in [-0.1, -0.05) is 19.1 Å². The number of amides is 1. The smallest absolute Gasteiger partial charge is 0.257 e. The summed E-state index contributed by atoms with van der Waals surface area (Å²) in [5, 5.41) is 2.88. The number of halogens is 1. The molecule has 1 heterocycles. The van der Waals surface area contributed by atoms with Crippen molar-refractivity contribution in [1.82, 2.24) is 5.32 Å². The lowest BCUT2D eigenvalue weighted by Crippen LogP contribution is -2.30. The molecule has 1 N–H and O–H groups in total. The first-order valence-corrected chi connectivity index (χ1v) is 10.2. The summed E-state index contributed by atoms with van der Waals surface area (Å²) in [6, 6.07) is 12.0. The maximum absolute atomic E-state index is 11.7. The minimum Gasteiger partial charge on any atom is -0.484 e. The Kier molecular flexibility index (Phi) is 7.99. The first-order chi connectivity index (χ1) is 11.2. The van der Waals surface area contributed by atoms with Crippen LogP contribution in [0.5, 0.6) is 5.75 Å². The van der Waals surface area contributed by atoms with Gasteiger partial charge in [-0.15, -0.1) is 11.3 Å². The molecule has 1 aromatic carbocycles. The van der Waals surface area contributed by atoms with Crippen LogP contribution in [-0.2, 0) is 17.0 Å². The van der Waals surface area contributed by atoms with E-state index in [0.717, 1.165) is 27.5 Å². The number of thioether (sulfide) groups is 1. The monoisotopic (exact) mass is 413 g/mol. The minimum absolute atomic E-state index is 0.0635. The zero-order valence-electron chi connectivity index (χ0n) is 13.0. The predicted octanol–water partition coefficient (Wildman–Crippen LogP) is 4.50. The summed E-state index contributed by atoms with van der Waals surface area (Å²) >= 11 is 7.02. The fourth-order valence-electron chi connectivity index (χ4n) is 1.89. The normalized spacial score (nSPS) is 10.5. The standard InChI is InChI=1S/C17H20BrNO2S2/c1-2-13-3-5-14(6-4-13)21-11-17(20)19-9-10-22-12-15-7-8-16(18)23-15/h3-8H,2,9-12H2,1H3,(H,19,20). The third-order valence-corrected chi connectivity index (χ3v) is 5.96. The summed E-state index contributed by atoms with van der Waals surface area (Å²) in [4.78, 5) is 13.1. The van der Waals surface area contributed by atoms with E-state index in [0.29, 0.717) is 6.54 Å². The number of aryl methyl sites for hydroxylation is 1. The second-order valence-corrected chi connectivity index (χ2v) is 8.55. The van der Waals surface area contributed by atoms with Crippen molar-refractivity contribution in [3.8, 4) is 5.75 Å². The third kappa shape index (κ3) is 6.97. The number of nitrogens with one attached hydrogen (secondary N) is 1. The molecule has 0 spiro atoms. The largest absolute Gasteiger partial charge is 0.484 e. The molecule has 2 aromatic rings. The Balaban J connectivity index is 1.56. The number of carbonyl (C=O) groups excluding carboxylic acids is 1. The lowest BCUT2D eigenvalue weighted by Gasteiger charge is -2.08. The molecule has 0 saturated heterocycles. The summed E-state index contributed by atoms with van der Waals surface area (Å²) in [6.07, 6.45) is 1.00. The van der Waals surface area contributed by atoms with Gasteiger partial charge in [-0.3, -0.25) is 4.79 Å². The summed E-state index contributed by atoms with van der Waals surface area (Å²) in [5.41, 5.74) is 1.26. The van der Waals surface area contributed by atoms with Crippen molar-refractivity contribution >= 4 is 44.9 Å². The van der Waals surface area contributed by atoms with Crippen LogP contribution >= 0.6 is 39.0 Å². The highest BCUT2D eigenvalue weighted by atomic mass is 79.9. The molecule has 0 aliphatic rings. The molecule has 3 nitrogen and oxygen atoms in total. The SMILES string of the molecule is CCc1ccc(OCC(=O)NCCSCc2ccc(Br)s2)cc1. The zero-order valence-corrected chi connectivity index (χ0v) is 16.2. The molecule has 0 saturated carbocycles. The van der Waals surface area contributed by atoms with Gasteiger partial charge in [0.1, 0.15) is 5.75 Å². The molecule has 0 unspecified atom stereocenters. The lowest BCUT2D eigenvalue weighted by molar-refractivity contribution is -0.122. The molecule has 0 fully saturated rings. The Morgan fingerprint density at radius 2 is 2.04 bits per heavy atom. The summed E-state index contributed by atoms with van der Waals surface area (Å²) in [6.45, 7) is 2.83. The molecule has 0 aliphatic heterocycles. The van der Waals surface area contributed by atoms with Gasteiger partial charge >= 0.3 is 0 Å². The van der Waals surface area contributed by atoms with Gasteiger partial charge < -0.3 is 10.1 Å². The highest BCUT2D eigenvalue weighted by molar-refractivity contribution is 9.11. The number of rotatable bonds is 9. The molecule has 0 aliphatic carbocycles. The predicted molar refractivity (Wildman–Crippen MR) is 103 cm³/mol. The van der Waals surface area contributed by atoms with Crippen LogP contribution in [0.25, 0.3) is 0 Å². The molecular weight excluding hydrogens is 394 g/mol. The Labute approximate surface area is 153 Å². The molecular formula is C17H20BrNO2S2. The van der Waals surface area contributed by atoms with E-state index in [1.165, 1.54) is 10.4 Å². The van der Waals surface area contributed by atoms with E-state index >= 15 is 0 Å². The zero-order chi connectivity index (χ0) is 16.5. The number of benzene rings is 1. The van der Waals surface area contributed by atoms with Gasteiger partial charge in [0.2, 0.25) is 0 Å². The number of hydrogen-bond donors (Lipinski definition) is 1. The lowest BCUT2D eigenvalue weighted by atomic mass is 10.2. The van der Waals surface area contributed by atoms with Crippen LogP contribution in [0, 0.1) is 0 Å². The second-order valence-electron chi connectivity index (χ2n) is 4.89. The van der Waals surface area contributed by atoms with Crippen molar-refractivity contribution in [2.24, 2.45) is 0 Å². The third-order valence-electron chi connectivity index (χ3n) is 3.14. The van der Waals surface area contributed by atoms with Crippen molar-refractivity contribution in [1.29, 1.82) is 0 Å². The fraction of sp³-hybridized carbons (Fsp3) is 0.353. The van der Waals surface area contributed by atoms with Gasteiger partial charge in [0.15, 0.2) is 6.61 Å². The molecule has 124 valence electrons. The van der Waals surface area contributed by atoms with Crippen molar-refractivity contribution in [2.75, 3.05) is 18.9 Å². The minimum atomic E-state index is -0.0796. The van der Waals surface area contributed by atoms with Crippen molar-refractivity contribution < 1.29 is 9.53 Å². The van der Waals surface area contributed by atoms with E-state index in [9.17, 15) is 4.79 Å². The molecule has 0 atom stereocenters. The van der Waals surface area contributed by atoms with Gasteiger partial charge in [0.05, 0.1) is 3.79 Å². The van der Waals surface area contributed by atoms with Gasteiger partial charge in [0, 0.05) is 22.9 Å². The Morgan fingerprint density at radius 3 is 2.70 bits per heavy atom. The van der Waals surface area contributed by atoms with Crippen molar-refractivity contribution in [3.63, 3.8) is 0 Å². The van der Waals surface area contributed by atoms with Crippen LogP contribution in [0.3, 0.4) is 0 Å². The number of ether oxygens (including phenoxy) is 1. The summed E-state index contributed by atoms with van der Waals surface area (Å²) < 4.78 is 6.63. The van der Waals surface area contributed by atoms with E-state index < -0.39 is 0 Å². The average molecular weight is 414 g/mol. The molecule has 1 amide bonds. The topological polar surface area (TPSA) is 38.3 Å². The number of carbonyl (C=O) groups is 1. The van der Waals surface area contributed by atoms with Gasteiger partial charge in [-0.25, -0.2) is 0 Å². The van der Waals surface area contributed by atoms with E-state index in [1.54, 1.807) is 11.3 Å². The van der Waals surface area contributed by atoms with Crippen molar-refractivity contribution in [3.05, 3.63) is 50.6 Å². The maximum atomic E-state index is 11.7. The molecule has 1 aromatic heterocycles. The Bertz CT molecular complexity index is 613. The highest BCUT2D eigenvalue weighted by Crippen LogP contribution is 2.25. The van der Waals surface area contributed by atoms with Crippen LogP contribution < -0.4 is 10.1 Å². The Hall–Kier alpha value is -0.980. The van der Waals surface area contributed by atoms with E-state index in [-0.39, 0.29) is 12.5 Å². The van der Waals surface area contributed by atoms with Crippen LogP contribution in [0.15, 0.2) is 40.2 Å². The number of thiophene rings is 1. The quantitative estimate of drug-likeness (QED) is 0.614. The van der Waals surface area contributed by atoms with E-state index in [2.05, 4.69) is 40.3 Å². The first kappa shape index (κ1) is 18.4. The first-order valence-electron chi connectivity index (χ1n) is 7.47. The van der Waals surface area contributed by atoms with E-state index in [1.807, 2.05) is 36.0 Å². The summed E-state index contributed by atoms with van der Waals surface area (Å²) in [5.74, 6) is 2.53. The van der Waals surface area contributed by atoms with E-state index in [4.69, 9.17) is 4.74 Å². The molecule has 0 radical (unpaired) electrons. The van der Waals surface area contributed by atoms with Crippen LogP contribution in [0.4, 0.5) is 0 Å². The molecule has 0 bridgehead atoms. The number of hydrogen-bond acceptors (Lipinski definition) is 4. The maximum Gasteiger partial charge on any atom is 0.257 e. The van der Waals surface area contributed by atoms with Crippen LogP contribution in [-0.4, -0.2) is 24.8 Å². The van der Waals surface area contributed by atoms with Gasteiger partial charge in [-0.2, -0.15) is 11.8 Å². The fourth-order valence-corrected chi connectivity index (χ4v) is 4.34. The second kappa shape index (κ2) is 10.0. The molecule has 23 heavy (non-hydrogen) atoms. The summed E-state index contributed by atoms with van der Waals surface area (Å²) in [7, 11) is 0. The van der Waals surface area contributed by atoms with Gasteiger partial charge in [-0.05, 0) is 52.2 Å². The molecule has 2 rings (SSSR count). The highest BCUT2D eigenvalue weighted by Gasteiger charge is 2.03. The van der Waals surface area contributed by atoms with Gasteiger partial charge in [0.25, 0.3) is 5.91 Å².